The lowest BCUT2D eigenvalue weighted by Crippen LogP contribution is -2.42. The minimum atomic E-state index is -0.560. The normalized spacial score (nSPS) is 19.7. The Morgan fingerprint density at radius 2 is 2.00 bits per heavy atom. The summed E-state index contributed by atoms with van der Waals surface area (Å²) in [6.07, 6.45) is 4.96. The molecular formula is C28H35ClN2O3S. The van der Waals surface area contributed by atoms with E-state index >= 15 is 0 Å². The molecule has 188 valence electrons. The summed E-state index contributed by atoms with van der Waals surface area (Å²) in [6.45, 7) is 3.24. The number of aromatic nitrogens is 1. The van der Waals surface area contributed by atoms with Gasteiger partial charge in [0.05, 0.1) is 18.7 Å². The molecule has 0 aliphatic carbocycles. The number of pyridine rings is 1. The fraction of sp³-hybridized carbons (Fsp3) is 0.464. The van der Waals surface area contributed by atoms with Crippen LogP contribution in [-0.2, 0) is 0 Å². The quantitative estimate of drug-likeness (QED) is 0.248. The number of aliphatic hydroxyl groups excluding tert-OH is 2. The molecule has 0 radical (unpaired) electrons. The maximum absolute atomic E-state index is 11.0. The van der Waals surface area contributed by atoms with Crippen molar-refractivity contribution in [2.45, 2.75) is 36.7 Å². The van der Waals surface area contributed by atoms with Crippen molar-refractivity contribution in [3.05, 3.63) is 65.3 Å². The van der Waals surface area contributed by atoms with Crippen molar-refractivity contribution in [3.63, 3.8) is 0 Å². The Morgan fingerprint density at radius 1 is 1.17 bits per heavy atom. The zero-order valence-corrected chi connectivity index (χ0v) is 21.8. The van der Waals surface area contributed by atoms with Crippen LogP contribution in [0.2, 0.25) is 5.02 Å². The lowest BCUT2D eigenvalue weighted by atomic mass is 9.81. The van der Waals surface area contributed by atoms with Crippen molar-refractivity contribution in [1.29, 1.82) is 0 Å². The fourth-order valence-electron chi connectivity index (χ4n) is 5.05. The number of hydrogen-bond donors (Lipinski definition) is 2. The van der Waals surface area contributed by atoms with Gasteiger partial charge in [0.25, 0.3) is 0 Å². The monoisotopic (exact) mass is 514 g/mol. The van der Waals surface area contributed by atoms with Gasteiger partial charge in [0.2, 0.25) is 0 Å². The van der Waals surface area contributed by atoms with E-state index < -0.39 is 6.10 Å². The summed E-state index contributed by atoms with van der Waals surface area (Å²) in [5, 5.41) is 22.8. The first-order valence-electron chi connectivity index (χ1n) is 12.4. The summed E-state index contributed by atoms with van der Waals surface area (Å²) in [5.41, 5.74) is 1.75. The Hall–Kier alpha value is -1.83. The minimum Gasteiger partial charge on any atom is -0.497 e. The molecule has 3 atom stereocenters. The molecule has 2 N–H and O–H groups in total. The van der Waals surface area contributed by atoms with Crippen LogP contribution in [0.5, 0.6) is 5.75 Å². The minimum absolute atomic E-state index is 0.201. The van der Waals surface area contributed by atoms with Crippen molar-refractivity contribution in [2.75, 3.05) is 39.1 Å². The Morgan fingerprint density at radius 3 is 2.77 bits per heavy atom. The highest BCUT2D eigenvalue weighted by molar-refractivity contribution is 7.99. The van der Waals surface area contributed by atoms with Gasteiger partial charge in [0, 0.05) is 34.7 Å². The lowest BCUT2D eigenvalue weighted by molar-refractivity contribution is 0.0581. The molecule has 2 heterocycles. The van der Waals surface area contributed by atoms with E-state index in [-0.39, 0.29) is 12.5 Å². The molecule has 0 bridgehead atoms. The molecule has 0 unspecified atom stereocenters. The van der Waals surface area contributed by atoms with Gasteiger partial charge in [-0.25, -0.2) is 0 Å². The van der Waals surface area contributed by atoms with Gasteiger partial charge in [0.15, 0.2) is 0 Å². The van der Waals surface area contributed by atoms with Crippen molar-refractivity contribution < 1.29 is 14.9 Å². The molecular weight excluding hydrogens is 480 g/mol. The maximum Gasteiger partial charge on any atom is 0.119 e. The highest BCUT2D eigenvalue weighted by atomic mass is 35.5. The molecule has 1 fully saturated rings. The molecule has 1 aliphatic heterocycles. The van der Waals surface area contributed by atoms with Gasteiger partial charge in [-0.05, 0) is 110 Å². The van der Waals surface area contributed by atoms with Crippen molar-refractivity contribution >= 4 is 34.3 Å². The second-order valence-electron chi connectivity index (χ2n) is 9.32. The maximum atomic E-state index is 11.0. The molecule has 5 nitrogen and oxygen atoms in total. The number of methoxy groups -OCH3 is 1. The first kappa shape index (κ1) is 26.2. The van der Waals surface area contributed by atoms with Crippen LogP contribution in [0.1, 0.15) is 37.4 Å². The summed E-state index contributed by atoms with van der Waals surface area (Å²) >= 11 is 7.82. The van der Waals surface area contributed by atoms with Crippen LogP contribution >= 0.6 is 23.4 Å². The first-order chi connectivity index (χ1) is 17.1. The summed E-state index contributed by atoms with van der Waals surface area (Å²) in [4.78, 5) is 8.16. The van der Waals surface area contributed by atoms with Gasteiger partial charge >= 0.3 is 0 Å². The summed E-state index contributed by atoms with van der Waals surface area (Å²) < 4.78 is 5.36. The second kappa shape index (κ2) is 12.9. The Bertz CT molecular complexity index is 1080. The largest absolute Gasteiger partial charge is 0.497 e. The van der Waals surface area contributed by atoms with E-state index in [0.717, 1.165) is 71.9 Å². The van der Waals surface area contributed by atoms with Crippen molar-refractivity contribution in [1.82, 2.24) is 9.88 Å². The molecule has 7 heteroatoms. The topological polar surface area (TPSA) is 65.8 Å². The number of likely N-dealkylation sites (tertiary alicyclic amines) is 1. The van der Waals surface area contributed by atoms with E-state index in [1.54, 1.807) is 13.3 Å². The molecule has 2 aromatic carbocycles. The predicted molar refractivity (Wildman–Crippen MR) is 144 cm³/mol. The van der Waals surface area contributed by atoms with E-state index in [4.69, 9.17) is 16.3 Å². The van der Waals surface area contributed by atoms with Gasteiger partial charge in [-0.3, -0.25) is 4.98 Å². The van der Waals surface area contributed by atoms with Crippen molar-refractivity contribution in [3.8, 4) is 5.75 Å². The Labute approximate surface area is 217 Å². The zero-order valence-electron chi connectivity index (χ0n) is 20.3. The molecule has 1 aliphatic rings. The van der Waals surface area contributed by atoms with E-state index in [0.29, 0.717) is 12.3 Å². The van der Waals surface area contributed by atoms with Crippen LogP contribution in [-0.4, -0.2) is 59.2 Å². The molecule has 35 heavy (non-hydrogen) atoms. The summed E-state index contributed by atoms with van der Waals surface area (Å²) in [6, 6.07) is 15.7. The van der Waals surface area contributed by atoms with E-state index in [1.807, 2.05) is 48.2 Å². The number of benzene rings is 2. The summed E-state index contributed by atoms with van der Waals surface area (Å²) in [5.74, 6) is 2.52. The number of hydrogen-bond acceptors (Lipinski definition) is 6. The standard InChI is InChI=1S/C28H35ClN2O3S/c1-34-23-6-9-27-26(17-23)25(11-13-30-27)28(33)10-3-20-12-15-31(18-21(20)19-32)14-2-16-35-24-7-4-22(29)5-8-24/h4-9,11,13,17,20-21,28,32-33H,2-3,10,12,14-16,18-19H2,1H3/t20-,21-,28-/m1/s1. The van der Waals surface area contributed by atoms with E-state index in [9.17, 15) is 10.2 Å². The van der Waals surface area contributed by atoms with Gasteiger partial charge in [-0.15, -0.1) is 11.8 Å². The van der Waals surface area contributed by atoms with Crippen molar-refractivity contribution in [2.24, 2.45) is 11.8 Å². The highest BCUT2D eigenvalue weighted by Crippen LogP contribution is 2.33. The molecule has 3 aromatic rings. The molecule has 0 saturated carbocycles. The predicted octanol–water partition coefficient (Wildman–Crippen LogP) is 5.82. The lowest BCUT2D eigenvalue weighted by Gasteiger charge is -2.38. The SMILES string of the molecule is COc1ccc2nccc([C@H](O)CC[C@@H]3CCN(CCCSc4ccc(Cl)cc4)C[C@@H]3CO)c2c1. The molecule has 1 aromatic heterocycles. The van der Waals surface area contributed by atoms with E-state index in [1.165, 1.54) is 4.90 Å². The zero-order chi connectivity index (χ0) is 24.6. The molecule has 4 rings (SSSR count). The number of piperidine rings is 1. The number of halogens is 1. The molecule has 0 amide bonds. The van der Waals surface area contributed by atoms with Gasteiger partial charge in [0.1, 0.15) is 5.75 Å². The number of nitrogens with zero attached hydrogens (tertiary/aromatic N) is 2. The van der Waals surface area contributed by atoms with Crippen LogP contribution in [0.4, 0.5) is 0 Å². The van der Waals surface area contributed by atoms with Crippen LogP contribution < -0.4 is 4.74 Å². The third-order valence-electron chi connectivity index (χ3n) is 7.06. The third-order valence-corrected chi connectivity index (χ3v) is 8.41. The third kappa shape index (κ3) is 7.11. The average Bonchev–Trinajstić information content (AvgIpc) is 2.90. The van der Waals surface area contributed by atoms with Crippen LogP contribution in [0.25, 0.3) is 10.9 Å². The second-order valence-corrected chi connectivity index (χ2v) is 10.9. The number of ether oxygens (including phenoxy) is 1. The molecule has 0 spiro atoms. The number of rotatable bonds is 11. The van der Waals surface area contributed by atoms with E-state index in [2.05, 4.69) is 22.0 Å². The Balaban J connectivity index is 1.25. The van der Waals surface area contributed by atoms with Gasteiger partial charge in [-0.1, -0.05) is 11.6 Å². The first-order valence-corrected chi connectivity index (χ1v) is 13.8. The summed E-state index contributed by atoms with van der Waals surface area (Å²) in [7, 11) is 1.65. The highest BCUT2D eigenvalue weighted by Gasteiger charge is 2.29. The number of aliphatic hydroxyl groups is 2. The van der Waals surface area contributed by atoms with Gasteiger partial charge < -0.3 is 19.8 Å². The number of thioether (sulfide) groups is 1. The number of fused-ring (bicyclic) bond motifs is 1. The van der Waals surface area contributed by atoms with Crippen LogP contribution in [0.15, 0.2) is 59.6 Å². The molecule has 1 saturated heterocycles. The Kier molecular flexibility index (Phi) is 9.69. The van der Waals surface area contributed by atoms with Crippen LogP contribution in [0.3, 0.4) is 0 Å². The van der Waals surface area contributed by atoms with Crippen LogP contribution in [0, 0.1) is 11.8 Å². The fourth-order valence-corrected chi connectivity index (χ4v) is 6.01. The average molecular weight is 515 g/mol. The smallest absolute Gasteiger partial charge is 0.119 e. The van der Waals surface area contributed by atoms with Gasteiger partial charge in [-0.2, -0.15) is 0 Å².